The van der Waals surface area contributed by atoms with Crippen LogP contribution in [0.1, 0.15) is 26.2 Å². The third-order valence-corrected chi connectivity index (χ3v) is 3.88. The summed E-state index contributed by atoms with van der Waals surface area (Å²) in [7, 11) is 2.11. The molecule has 100 valence electrons. The van der Waals surface area contributed by atoms with Gasteiger partial charge in [0.15, 0.2) is 0 Å². The highest BCUT2D eigenvalue weighted by atomic mass is 35.5. The number of hydrogen-bond acceptors (Lipinski definition) is 3. The summed E-state index contributed by atoms with van der Waals surface area (Å²) in [6, 6.07) is 0. The number of hydrogen-bond donors (Lipinski definition) is 1. The third kappa shape index (κ3) is 3.33. The lowest BCUT2D eigenvalue weighted by Gasteiger charge is -2.41. The number of nitrogens with zero attached hydrogens (tertiary/aromatic N) is 2. The maximum absolute atomic E-state index is 12.4. The first-order valence-electron chi connectivity index (χ1n) is 6.35. The normalized spacial score (nSPS) is 30.8. The molecule has 2 aliphatic rings. The second-order valence-electron chi connectivity index (χ2n) is 5.31. The molecule has 17 heavy (non-hydrogen) atoms. The number of piperazine rings is 1. The Morgan fingerprint density at radius 1 is 1.18 bits per heavy atom. The van der Waals surface area contributed by atoms with Crippen molar-refractivity contribution in [2.75, 3.05) is 39.8 Å². The predicted octanol–water partition coefficient (Wildman–Crippen LogP) is 0.714. The van der Waals surface area contributed by atoms with Crippen molar-refractivity contribution in [2.45, 2.75) is 31.7 Å². The molecule has 0 aromatic heterocycles. The van der Waals surface area contributed by atoms with Crippen LogP contribution in [0, 0.1) is 0 Å². The maximum Gasteiger partial charge on any atom is 0.242 e. The molecule has 0 radical (unpaired) electrons. The topological polar surface area (TPSA) is 35.6 Å². The second-order valence-corrected chi connectivity index (χ2v) is 5.31. The van der Waals surface area contributed by atoms with Gasteiger partial charge in [-0.2, -0.15) is 0 Å². The molecule has 4 nitrogen and oxygen atoms in total. The number of likely N-dealkylation sites (N-methyl/N-ethyl adjacent to an activating group) is 1. The van der Waals surface area contributed by atoms with Gasteiger partial charge in [0.25, 0.3) is 0 Å². The van der Waals surface area contributed by atoms with Gasteiger partial charge in [-0.15, -0.1) is 12.4 Å². The molecule has 0 aliphatic carbocycles. The number of carbonyl (C=O) groups excluding carboxylic acids is 1. The first kappa shape index (κ1) is 14.7. The van der Waals surface area contributed by atoms with Gasteiger partial charge in [-0.25, -0.2) is 0 Å². The Kier molecular flexibility index (Phi) is 5.22. The largest absolute Gasteiger partial charge is 0.339 e. The SMILES string of the molecule is CN1CCN(C(=O)C2(C)CCCCN2)CC1.Cl. The van der Waals surface area contributed by atoms with E-state index >= 15 is 0 Å². The van der Waals surface area contributed by atoms with Gasteiger partial charge < -0.3 is 15.1 Å². The summed E-state index contributed by atoms with van der Waals surface area (Å²) in [6.45, 7) is 6.81. The van der Waals surface area contributed by atoms with E-state index in [-0.39, 0.29) is 17.9 Å². The fraction of sp³-hybridized carbons (Fsp3) is 0.917. The fourth-order valence-corrected chi connectivity index (χ4v) is 2.60. The Morgan fingerprint density at radius 3 is 2.35 bits per heavy atom. The average Bonchev–Trinajstić information content (AvgIpc) is 2.30. The molecule has 0 aromatic rings. The molecule has 0 saturated carbocycles. The lowest BCUT2D eigenvalue weighted by molar-refractivity contribution is -0.140. The highest BCUT2D eigenvalue weighted by Crippen LogP contribution is 2.21. The second kappa shape index (κ2) is 6.03. The van der Waals surface area contributed by atoms with Crippen molar-refractivity contribution >= 4 is 18.3 Å². The van der Waals surface area contributed by atoms with E-state index < -0.39 is 0 Å². The summed E-state index contributed by atoms with van der Waals surface area (Å²) < 4.78 is 0. The molecule has 0 bridgehead atoms. The molecule has 2 heterocycles. The van der Waals surface area contributed by atoms with Crippen LogP contribution in [0.25, 0.3) is 0 Å². The van der Waals surface area contributed by atoms with Crippen LogP contribution >= 0.6 is 12.4 Å². The summed E-state index contributed by atoms with van der Waals surface area (Å²) in [4.78, 5) is 16.7. The van der Waals surface area contributed by atoms with Crippen molar-refractivity contribution in [1.82, 2.24) is 15.1 Å². The smallest absolute Gasteiger partial charge is 0.242 e. The molecular formula is C12H24ClN3O. The standard InChI is InChI=1S/C12H23N3O.ClH/c1-12(5-3-4-6-13-12)11(16)15-9-7-14(2)8-10-15;/h13H,3-10H2,1-2H3;1H. The van der Waals surface area contributed by atoms with Crippen LogP contribution in [0.15, 0.2) is 0 Å². The van der Waals surface area contributed by atoms with Crippen LogP contribution in [-0.4, -0.2) is 61.0 Å². The lowest BCUT2D eigenvalue weighted by Crippen LogP contribution is -2.60. The van der Waals surface area contributed by atoms with E-state index in [4.69, 9.17) is 0 Å². The molecule has 2 saturated heterocycles. The quantitative estimate of drug-likeness (QED) is 0.755. The molecule has 2 fully saturated rings. The van der Waals surface area contributed by atoms with E-state index in [1.54, 1.807) is 0 Å². The molecule has 1 N–H and O–H groups in total. The molecule has 1 unspecified atom stereocenters. The Morgan fingerprint density at radius 2 is 1.82 bits per heavy atom. The van der Waals surface area contributed by atoms with Gasteiger partial charge in [-0.1, -0.05) is 0 Å². The van der Waals surface area contributed by atoms with Crippen LogP contribution in [-0.2, 0) is 4.79 Å². The maximum atomic E-state index is 12.4. The van der Waals surface area contributed by atoms with E-state index in [0.717, 1.165) is 39.1 Å². The number of halogens is 1. The minimum Gasteiger partial charge on any atom is -0.339 e. The van der Waals surface area contributed by atoms with E-state index in [2.05, 4.69) is 24.2 Å². The van der Waals surface area contributed by atoms with Crippen molar-refractivity contribution in [3.63, 3.8) is 0 Å². The zero-order chi connectivity index (χ0) is 11.6. The predicted molar refractivity (Wildman–Crippen MR) is 71.6 cm³/mol. The van der Waals surface area contributed by atoms with Gasteiger partial charge >= 0.3 is 0 Å². The Labute approximate surface area is 110 Å². The van der Waals surface area contributed by atoms with Crippen molar-refractivity contribution < 1.29 is 4.79 Å². The Hall–Kier alpha value is -0.320. The van der Waals surface area contributed by atoms with Crippen molar-refractivity contribution in [3.8, 4) is 0 Å². The van der Waals surface area contributed by atoms with Crippen LogP contribution in [0.4, 0.5) is 0 Å². The number of carbonyl (C=O) groups is 1. The van der Waals surface area contributed by atoms with Crippen LogP contribution in [0.3, 0.4) is 0 Å². The van der Waals surface area contributed by atoms with E-state index in [1.807, 2.05) is 4.90 Å². The highest BCUT2D eigenvalue weighted by molar-refractivity contribution is 5.86. The summed E-state index contributed by atoms with van der Waals surface area (Å²) in [5.74, 6) is 0.306. The molecule has 2 aliphatic heterocycles. The Bertz CT molecular complexity index is 258. The summed E-state index contributed by atoms with van der Waals surface area (Å²) in [6.07, 6.45) is 3.35. The van der Waals surface area contributed by atoms with E-state index in [1.165, 1.54) is 12.8 Å². The number of rotatable bonds is 1. The lowest BCUT2D eigenvalue weighted by atomic mass is 9.89. The molecule has 2 rings (SSSR count). The van der Waals surface area contributed by atoms with Gasteiger partial charge in [0.05, 0.1) is 5.54 Å². The summed E-state index contributed by atoms with van der Waals surface area (Å²) in [5, 5.41) is 3.40. The van der Waals surface area contributed by atoms with Gasteiger partial charge in [-0.05, 0) is 39.8 Å². The molecular weight excluding hydrogens is 238 g/mol. The summed E-state index contributed by atoms with van der Waals surface area (Å²) in [5.41, 5.74) is -0.297. The first-order chi connectivity index (χ1) is 7.62. The molecule has 1 atom stereocenters. The number of amides is 1. The summed E-state index contributed by atoms with van der Waals surface area (Å²) >= 11 is 0. The van der Waals surface area contributed by atoms with Gasteiger partial charge in [0.2, 0.25) is 5.91 Å². The van der Waals surface area contributed by atoms with Gasteiger partial charge in [0.1, 0.15) is 0 Å². The monoisotopic (exact) mass is 261 g/mol. The minimum atomic E-state index is -0.297. The van der Waals surface area contributed by atoms with Crippen molar-refractivity contribution in [2.24, 2.45) is 0 Å². The van der Waals surface area contributed by atoms with E-state index in [0.29, 0.717) is 5.91 Å². The minimum absolute atomic E-state index is 0. The highest BCUT2D eigenvalue weighted by Gasteiger charge is 2.37. The zero-order valence-corrected chi connectivity index (χ0v) is 11.7. The number of piperidine rings is 1. The third-order valence-electron chi connectivity index (χ3n) is 3.88. The fourth-order valence-electron chi connectivity index (χ4n) is 2.60. The van der Waals surface area contributed by atoms with Crippen LogP contribution in [0.2, 0.25) is 0 Å². The van der Waals surface area contributed by atoms with Gasteiger partial charge in [-0.3, -0.25) is 4.79 Å². The van der Waals surface area contributed by atoms with E-state index in [9.17, 15) is 4.79 Å². The molecule has 0 spiro atoms. The van der Waals surface area contributed by atoms with Crippen LogP contribution < -0.4 is 5.32 Å². The molecule has 0 aromatic carbocycles. The molecule has 5 heteroatoms. The zero-order valence-electron chi connectivity index (χ0n) is 10.9. The number of nitrogens with one attached hydrogen (secondary N) is 1. The van der Waals surface area contributed by atoms with Crippen molar-refractivity contribution in [1.29, 1.82) is 0 Å². The average molecular weight is 262 g/mol. The first-order valence-corrected chi connectivity index (χ1v) is 6.35. The van der Waals surface area contributed by atoms with Gasteiger partial charge in [0, 0.05) is 26.2 Å². The molecule has 1 amide bonds. The Balaban J connectivity index is 0.00000144. The van der Waals surface area contributed by atoms with Crippen molar-refractivity contribution in [3.05, 3.63) is 0 Å². The van der Waals surface area contributed by atoms with Crippen LogP contribution in [0.5, 0.6) is 0 Å².